The fraction of sp³-hybridized carbons (Fsp3) is 0.385. The van der Waals surface area contributed by atoms with Crippen LogP contribution in [0.1, 0.15) is 31.4 Å². The lowest BCUT2D eigenvalue weighted by Gasteiger charge is -2.20. The van der Waals surface area contributed by atoms with Gasteiger partial charge in [-0.05, 0) is 25.0 Å². The molecule has 0 aromatic carbocycles. The number of nitrogens with zero attached hydrogens (tertiary/aromatic N) is 1. The maximum Gasteiger partial charge on any atom is 0.317 e. The maximum atomic E-state index is 11.5. The number of hydrogen-bond donors (Lipinski definition) is 1. The van der Waals surface area contributed by atoms with Gasteiger partial charge in [0, 0.05) is 17.8 Å². The van der Waals surface area contributed by atoms with Gasteiger partial charge in [-0.3, -0.25) is 9.78 Å². The van der Waals surface area contributed by atoms with Crippen LogP contribution in [0.3, 0.4) is 0 Å². The molecule has 0 aliphatic heterocycles. The van der Waals surface area contributed by atoms with E-state index < -0.39 is 11.4 Å². The number of pyridine rings is 1. The average Bonchev–Trinajstić information content (AvgIpc) is 2.96. The van der Waals surface area contributed by atoms with E-state index in [-0.39, 0.29) is 0 Å². The Balaban J connectivity index is 2.15. The molecular formula is C13H13NO3. The van der Waals surface area contributed by atoms with Crippen LogP contribution in [0.4, 0.5) is 0 Å². The molecule has 17 heavy (non-hydrogen) atoms. The zero-order valence-corrected chi connectivity index (χ0v) is 9.35. The van der Waals surface area contributed by atoms with Crippen LogP contribution in [0.5, 0.6) is 0 Å². The van der Waals surface area contributed by atoms with E-state index in [0.29, 0.717) is 24.2 Å². The van der Waals surface area contributed by atoms with Gasteiger partial charge < -0.3 is 9.52 Å². The molecule has 2 heterocycles. The van der Waals surface area contributed by atoms with Crippen molar-refractivity contribution in [3.8, 4) is 0 Å². The van der Waals surface area contributed by atoms with Crippen molar-refractivity contribution in [2.45, 2.75) is 31.1 Å². The molecule has 1 aliphatic rings. The van der Waals surface area contributed by atoms with Gasteiger partial charge in [0.05, 0.1) is 0 Å². The zero-order chi connectivity index (χ0) is 11.9. The van der Waals surface area contributed by atoms with E-state index in [1.54, 1.807) is 18.5 Å². The van der Waals surface area contributed by atoms with E-state index in [4.69, 9.17) is 4.42 Å². The molecule has 1 saturated carbocycles. The molecule has 0 radical (unpaired) electrons. The molecule has 1 aliphatic carbocycles. The molecule has 2 aromatic rings. The summed E-state index contributed by atoms with van der Waals surface area (Å²) in [4.78, 5) is 15.5. The summed E-state index contributed by atoms with van der Waals surface area (Å²) in [5.41, 5.74) is -0.110. The molecule has 2 aromatic heterocycles. The van der Waals surface area contributed by atoms with Gasteiger partial charge in [-0.1, -0.05) is 12.8 Å². The predicted octanol–water partition coefficient (Wildman–Crippen LogP) is 2.72. The van der Waals surface area contributed by atoms with E-state index in [1.165, 1.54) is 0 Å². The molecule has 0 bridgehead atoms. The predicted molar refractivity (Wildman–Crippen MR) is 61.8 cm³/mol. The number of carboxylic acid groups (broad SMARTS) is 1. The van der Waals surface area contributed by atoms with Crippen LogP contribution >= 0.6 is 0 Å². The minimum Gasteiger partial charge on any atom is -0.480 e. The van der Waals surface area contributed by atoms with E-state index in [0.717, 1.165) is 18.2 Å². The highest BCUT2D eigenvalue weighted by molar-refractivity contribution is 5.84. The van der Waals surface area contributed by atoms with Crippen molar-refractivity contribution in [2.24, 2.45) is 0 Å². The van der Waals surface area contributed by atoms with Crippen LogP contribution in [0.2, 0.25) is 0 Å². The van der Waals surface area contributed by atoms with Crippen LogP contribution in [-0.2, 0) is 10.2 Å². The van der Waals surface area contributed by atoms with Gasteiger partial charge >= 0.3 is 5.97 Å². The van der Waals surface area contributed by atoms with Gasteiger partial charge in [-0.2, -0.15) is 0 Å². The third kappa shape index (κ3) is 1.44. The Morgan fingerprint density at radius 1 is 1.41 bits per heavy atom. The van der Waals surface area contributed by atoms with Crippen molar-refractivity contribution in [2.75, 3.05) is 0 Å². The summed E-state index contributed by atoms with van der Waals surface area (Å²) in [5.74, 6) is -0.201. The Hall–Kier alpha value is -1.84. The standard InChI is InChI=1S/C13H13NO3/c15-12(16)13(4-1-2-5-13)11-7-9-8-14-6-3-10(9)17-11/h3,6-8H,1-2,4-5H2,(H,15,16). The normalized spacial score (nSPS) is 18.6. The maximum absolute atomic E-state index is 11.5. The van der Waals surface area contributed by atoms with Gasteiger partial charge in [-0.25, -0.2) is 0 Å². The van der Waals surface area contributed by atoms with Crippen LogP contribution < -0.4 is 0 Å². The first-order chi connectivity index (χ1) is 8.22. The molecule has 0 saturated heterocycles. The average molecular weight is 231 g/mol. The van der Waals surface area contributed by atoms with E-state index >= 15 is 0 Å². The largest absolute Gasteiger partial charge is 0.480 e. The molecule has 3 rings (SSSR count). The molecule has 0 amide bonds. The molecule has 0 unspecified atom stereocenters. The van der Waals surface area contributed by atoms with Gasteiger partial charge in [0.2, 0.25) is 0 Å². The second-order valence-electron chi connectivity index (χ2n) is 4.62. The van der Waals surface area contributed by atoms with E-state index in [1.807, 2.05) is 6.07 Å². The van der Waals surface area contributed by atoms with Crippen molar-refractivity contribution in [3.05, 3.63) is 30.3 Å². The molecular weight excluding hydrogens is 218 g/mol. The number of rotatable bonds is 2. The van der Waals surface area contributed by atoms with Crippen molar-refractivity contribution >= 4 is 16.9 Å². The lowest BCUT2D eigenvalue weighted by molar-refractivity contribution is -0.144. The molecule has 1 N–H and O–H groups in total. The van der Waals surface area contributed by atoms with Crippen molar-refractivity contribution in [1.29, 1.82) is 0 Å². The second kappa shape index (κ2) is 3.58. The van der Waals surface area contributed by atoms with Crippen LogP contribution in [-0.4, -0.2) is 16.1 Å². The highest BCUT2D eigenvalue weighted by Crippen LogP contribution is 2.43. The summed E-state index contributed by atoms with van der Waals surface area (Å²) in [6.45, 7) is 0. The highest BCUT2D eigenvalue weighted by Gasteiger charge is 2.45. The zero-order valence-electron chi connectivity index (χ0n) is 9.35. The minimum absolute atomic E-state index is 0.575. The summed E-state index contributed by atoms with van der Waals surface area (Å²) in [5, 5.41) is 10.3. The fourth-order valence-electron chi connectivity index (χ4n) is 2.66. The Kier molecular flexibility index (Phi) is 2.18. The third-order valence-electron chi connectivity index (χ3n) is 3.65. The van der Waals surface area contributed by atoms with Crippen LogP contribution in [0.15, 0.2) is 28.9 Å². The topological polar surface area (TPSA) is 63.3 Å². The number of aromatic nitrogens is 1. The minimum atomic E-state index is -0.820. The molecule has 0 atom stereocenters. The molecule has 4 heteroatoms. The second-order valence-corrected chi connectivity index (χ2v) is 4.62. The van der Waals surface area contributed by atoms with Gasteiger partial charge in [-0.15, -0.1) is 0 Å². The number of aliphatic carboxylic acids is 1. The Morgan fingerprint density at radius 2 is 2.18 bits per heavy atom. The lowest BCUT2D eigenvalue weighted by Crippen LogP contribution is -2.31. The summed E-state index contributed by atoms with van der Waals surface area (Å²) >= 11 is 0. The summed E-state index contributed by atoms with van der Waals surface area (Å²) < 4.78 is 5.70. The highest BCUT2D eigenvalue weighted by atomic mass is 16.4. The van der Waals surface area contributed by atoms with Crippen LogP contribution in [0.25, 0.3) is 11.0 Å². The number of carboxylic acids is 1. The van der Waals surface area contributed by atoms with Crippen molar-refractivity contribution in [1.82, 2.24) is 4.98 Å². The Bertz CT molecular complexity index is 534. The van der Waals surface area contributed by atoms with Crippen molar-refractivity contribution in [3.63, 3.8) is 0 Å². The molecule has 88 valence electrons. The number of furan rings is 1. The monoisotopic (exact) mass is 231 g/mol. The quantitative estimate of drug-likeness (QED) is 0.863. The SMILES string of the molecule is O=C(O)C1(c2cc3cnccc3o2)CCCC1. The molecule has 1 fully saturated rings. The van der Waals surface area contributed by atoms with Crippen molar-refractivity contribution < 1.29 is 14.3 Å². The first-order valence-corrected chi connectivity index (χ1v) is 5.80. The molecule has 4 nitrogen and oxygen atoms in total. The summed E-state index contributed by atoms with van der Waals surface area (Å²) in [6, 6.07) is 3.59. The van der Waals surface area contributed by atoms with E-state index in [2.05, 4.69) is 4.98 Å². The lowest BCUT2D eigenvalue weighted by atomic mass is 9.83. The molecule has 0 spiro atoms. The number of hydrogen-bond acceptors (Lipinski definition) is 3. The smallest absolute Gasteiger partial charge is 0.317 e. The first kappa shape index (κ1) is 10.3. The van der Waals surface area contributed by atoms with Crippen LogP contribution in [0, 0.1) is 0 Å². The fourth-order valence-corrected chi connectivity index (χ4v) is 2.66. The van der Waals surface area contributed by atoms with Gasteiger partial charge in [0.1, 0.15) is 16.8 Å². The van der Waals surface area contributed by atoms with Gasteiger partial charge in [0.15, 0.2) is 0 Å². The van der Waals surface area contributed by atoms with Gasteiger partial charge in [0.25, 0.3) is 0 Å². The Labute approximate surface area is 98.3 Å². The first-order valence-electron chi connectivity index (χ1n) is 5.80. The number of fused-ring (bicyclic) bond motifs is 1. The van der Waals surface area contributed by atoms with E-state index in [9.17, 15) is 9.90 Å². The Morgan fingerprint density at radius 3 is 2.82 bits per heavy atom. The summed E-state index contributed by atoms with van der Waals surface area (Å²) in [7, 11) is 0. The third-order valence-corrected chi connectivity index (χ3v) is 3.65. The summed E-state index contributed by atoms with van der Waals surface area (Å²) in [6.07, 6.45) is 6.57. The number of carbonyl (C=O) groups is 1.